The largest absolute Gasteiger partial charge is 0.454 e. The molecule has 3 aromatic rings. The molecular weight excluding hydrogens is 322 g/mol. The van der Waals surface area contributed by atoms with Gasteiger partial charge in [-0.25, -0.2) is 0 Å². The first kappa shape index (κ1) is 16.3. The number of aromatic amines is 1. The van der Waals surface area contributed by atoms with Gasteiger partial charge in [-0.1, -0.05) is 26.0 Å². The topological polar surface area (TPSA) is 59.2 Å². The normalized spacial score (nSPS) is 11.6. The van der Waals surface area contributed by atoms with E-state index in [1.807, 2.05) is 56.4 Å². The van der Waals surface area contributed by atoms with Gasteiger partial charge in [-0.2, -0.15) is 0 Å². The van der Waals surface area contributed by atoms with Gasteiger partial charge in [-0.15, -0.1) is 0 Å². The van der Waals surface area contributed by atoms with E-state index in [4.69, 9.17) is 9.47 Å². The molecule has 0 fully saturated rings. The summed E-state index contributed by atoms with van der Waals surface area (Å²) in [5.74, 6) is 1.53. The Hall–Kier alpha value is -2.60. The Labute approximate surface area is 145 Å². The molecule has 1 aliphatic heterocycles. The lowest BCUT2D eigenvalue weighted by Gasteiger charge is -2.06. The number of nitrogens with zero attached hydrogens (tertiary/aromatic N) is 1. The molecule has 0 unspecified atom stereocenters. The molecule has 0 amide bonds. The number of hydrogen-bond acceptors (Lipinski definition) is 5. The SMILES string of the molecule is CC.c1ccc(-c2cc(SNc3cccc4c3OCO4)c[nH]2)nc1. The van der Waals surface area contributed by atoms with Crippen molar-refractivity contribution in [2.75, 3.05) is 11.5 Å². The molecule has 0 radical (unpaired) electrons. The molecule has 0 spiro atoms. The number of nitrogens with one attached hydrogen (secondary N) is 2. The zero-order valence-electron chi connectivity index (χ0n) is 13.6. The van der Waals surface area contributed by atoms with Crippen molar-refractivity contribution in [1.82, 2.24) is 9.97 Å². The molecule has 0 saturated heterocycles. The van der Waals surface area contributed by atoms with E-state index < -0.39 is 0 Å². The Bertz CT molecular complexity index is 790. The number of fused-ring (bicyclic) bond motifs is 1. The van der Waals surface area contributed by atoms with Crippen molar-refractivity contribution < 1.29 is 9.47 Å². The van der Waals surface area contributed by atoms with Gasteiger partial charge in [-0.3, -0.25) is 4.98 Å². The fourth-order valence-corrected chi connectivity index (χ4v) is 2.91. The monoisotopic (exact) mass is 341 g/mol. The zero-order valence-corrected chi connectivity index (χ0v) is 14.4. The minimum Gasteiger partial charge on any atom is -0.454 e. The number of rotatable bonds is 4. The standard InChI is InChI=1S/C16H13N3O2S.C2H6/c1-2-7-17-12(4-1)14-8-11(9-18-14)22-19-13-5-3-6-15-16(13)21-10-20-15;1-2/h1-9,18-19H,10H2;1-2H3. The highest BCUT2D eigenvalue weighted by atomic mass is 32.2. The summed E-state index contributed by atoms with van der Waals surface area (Å²) in [6.45, 7) is 4.27. The zero-order chi connectivity index (χ0) is 16.8. The fraction of sp³-hybridized carbons (Fsp3) is 0.167. The second-order valence-electron chi connectivity index (χ2n) is 4.71. The van der Waals surface area contributed by atoms with Crippen LogP contribution in [0.2, 0.25) is 0 Å². The summed E-state index contributed by atoms with van der Waals surface area (Å²) in [7, 11) is 0. The molecule has 3 heterocycles. The van der Waals surface area contributed by atoms with E-state index in [0.29, 0.717) is 0 Å². The molecule has 0 bridgehead atoms. The van der Waals surface area contributed by atoms with Crippen LogP contribution in [0.15, 0.2) is 59.8 Å². The number of aromatic nitrogens is 2. The fourth-order valence-electron chi connectivity index (χ4n) is 2.23. The number of pyridine rings is 1. The summed E-state index contributed by atoms with van der Waals surface area (Å²) >= 11 is 1.51. The lowest BCUT2D eigenvalue weighted by Crippen LogP contribution is -1.94. The van der Waals surface area contributed by atoms with Crippen LogP contribution < -0.4 is 14.2 Å². The molecule has 2 aromatic heterocycles. The van der Waals surface area contributed by atoms with Crippen molar-refractivity contribution in [1.29, 1.82) is 0 Å². The number of hydrogen-bond donors (Lipinski definition) is 2. The molecule has 24 heavy (non-hydrogen) atoms. The lowest BCUT2D eigenvalue weighted by molar-refractivity contribution is 0.174. The van der Waals surface area contributed by atoms with E-state index >= 15 is 0 Å². The van der Waals surface area contributed by atoms with Crippen molar-refractivity contribution in [2.24, 2.45) is 0 Å². The van der Waals surface area contributed by atoms with Gasteiger partial charge < -0.3 is 19.2 Å². The Morgan fingerprint density at radius 3 is 2.88 bits per heavy atom. The predicted molar refractivity (Wildman–Crippen MR) is 97.4 cm³/mol. The molecule has 4 rings (SSSR count). The van der Waals surface area contributed by atoms with Crippen molar-refractivity contribution in [2.45, 2.75) is 18.7 Å². The number of H-pyrrole nitrogens is 1. The van der Waals surface area contributed by atoms with Crippen LogP contribution in [-0.4, -0.2) is 16.8 Å². The first-order valence-electron chi connectivity index (χ1n) is 7.81. The van der Waals surface area contributed by atoms with Gasteiger partial charge >= 0.3 is 0 Å². The van der Waals surface area contributed by atoms with Crippen LogP contribution in [0.5, 0.6) is 11.5 Å². The van der Waals surface area contributed by atoms with Crippen molar-refractivity contribution >= 4 is 17.6 Å². The summed E-state index contributed by atoms with van der Waals surface area (Å²) in [6, 6.07) is 13.7. The van der Waals surface area contributed by atoms with Gasteiger partial charge in [0.25, 0.3) is 0 Å². The highest BCUT2D eigenvalue weighted by Crippen LogP contribution is 2.40. The second-order valence-corrected chi connectivity index (χ2v) is 5.59. The van der Waals surface area contributed by atoms with E-state index in [1.54, 1.807) is 6.20 Å². The Balaban J connectivity index is 0.000000815. The van der Waals surface area contributed by atoms with Gasteiger partial charge in [0.2, 0.25) is 6.79 Å². The first-order valence-corrected chi connectivity index (χ1v) is 8.63. The third-order valence-corrected chi connectivity index (χ3v) is 4.07. The first-order chi connectivity index (χ1) is 11.9. The summed E-state index contributed by atoms with van der Waals surface area (Å²) in [5.41, 5.74) is 2.81. The van der Waals surface area contributed by atoms with Crippen LogP contribution in [0.4, 0.5) is 5.69 Å². The van der Waals surface area contributed by atoms with Crippen LogP contribution in [0, 0.1) is 0 Å². The quantitative estimate of drug-likeness (QED) is 0.658. The molecule has 5 nitrogen and oxygen atoms in total. The average Bonchev–Trinajstić information content (AvgIpc) is 3.32. The smallest absolute Gasteiger partial charge is 0.231 e. The highest BCUT2D eigenvalue weighted by molar-refractivity contribution is 8.00. The van der Waals surface area contributed by atoms with Gasteiger partial charge in [0.15, 0.2) is 11.5 Å². The third kappa shape index (κ3) is 3.49. The maximum atomic E-state index is 5.48. The number of anilines is 1. The van der Waals surface area contributed by atoms with E-state index in [9.17, 15) is 0 Å². The van der Waals surface area contributed by atoms with Crippen LogP contribution in [0.25, 0.3) is 11.4 Å². The molecule has 6 heteroatoms. The molecule has 0 atom stereocenters. The van der Waals surface area contributed by atoms with Crippen molar-refractivity contribution in [3.05, 3.63) is 54.9 Å². The minimum atomic E-state index is 0.271. The Kier molecular flexibility index (Phi) is 5.28. The van der Waals surface area contributed by atoms with Crippen LogP contribution in [0.3, 0.4) is 0 Å². The Morgan fingerprint density at radius 2 is 2.04 bits per heavy atom. The summed E-state index contributed by atoms with van der Waals surface area (Å²) in [6.07, 6.45) is 3.73. The maximum absolute atomic E-state index is 5.48. The van der Waals surface area contributed by atoms with Crippen molar-refractivity contribution in [3.8, 4) is 22.9 Å². The minimum absolute atomic E-state index is 0.271. The lowest BCUT2D eigenvalue weighted by atomic mass is 10.3. The third-order valence-electron chi connectivity index (χ3n) is 3.27. The highest BCUT2D eigenvalue weighted by Gasteiger charge is 2.17. The number of benzene rings is 1. The molecule has 0 saturated carbocycles. The van der Waals surface area contributed by atoms with Crippen LogP contribution >= 0.6 is 11.9 Å². The Morgan fingerprint density at radius 1 is 1.12 bits per heavy atom. The van der Waals surface area contributed by atoms with E-state index in [1.165, 1.54) is 11.9 Å². The average molecular weight is 341 g/mol. The molecular formula is C18H19N3O2S. The number of ether oxygens (including phenoxy) is 2. The summed E-state index contributed by atoms with van der Waals surface area (Å²) < 4.78 is 14.1. The van der Waals surface area contributed by atoms with E-state index in [-0.39, 0.29) is 6.79 Å². The van der Waals surface area contributed by atoms with Crippen LogP contribution in [-0.2, 0) is 0 Å². The second kappa shape index (κ2) is 7.79. The van der Waals surface area contributed by atoms with E-state index in [2.05, 4.69) is 20.8 Å². The molecule has 1 aromatic carbocycles. The van der Waals surface area contributed by atoms with Gasteiger partial charge in [0.05, 0.1) is 17.1 Å². The molecule has 0 aliphatic carbocycles. The molecule has 124 valence electrons. The van der Waals surface area contributed by atoms with Gasteiger partial charge in [0, 0.05) is 17.3 Å². The van der Waals surface area contributed by atoms with Gasteiger partial charge in [-0.05, 0) is 42.3 Å². The maximum Gasteiger partial charge on any atom is 0.231 e. The summed E-state index contributed by atoms with van der Waals surface area (Å²) in [4.78, 5) is 8.63. The van der Waals surface area contributed by atoms with Crippen LogP contribution in [0.1, 0.15) is 13.8 Å². The molecule has 2 N–H and O–H groups in total. The predicted octanol–water partition coefficient (Wildman–Crippen LogP) is 4.95. The summed E-state index contributed by atoms with van der Waals surface area (Å²) in [5, 5.41) is 0. The number of para-hydroxylation sites is 1. The molecule has 1 aliphatic rings. The van der Waals surface area contributed by atoms with Gasteiger partial charge in [0.1, 0.15) is 0 Å². The van der Waals surface area contributed by atoms with E-state index in [0.717, 1.165) is 33.5 Å². The van der Waals surface area contributed by atoms with Crippen molar-refractivity contribution in [3.63, 3.8) is 0 Å².